The molecule has 27 heavy (non-hydrogen) atoms. The minimum atomic E-state index is -0.528. The molecule has 0 radical (unpaired) electrons. The molecule has 0 atom stereocenters. The average Bonchev–Trinajstić information content (AvgIpc) is 2.68. The number of hydrogen-bond donors (Lipinski definition) is 0. The van der Waals surface area contributed by atoms with Crippen LogP contribution >= 0.6 is 0 Å². The summed E-state index contributed by atoms with van der Waals surface area (Å²) in [4.78, 5) is 23.0. The third-order valence-electron chi connectivity index (χ3n) is 3.20. The summed E-state index contributed by atoms with van der Waals surface area (Å²) in [6, 6.07) is 6.54. The van der Waals surface area contributed by atoms with Gasteiger partial charge in [-0.3, -0.25) is 4.79 Å². The Hall–Kier alpha value is -3.12. The van der Waals surface area contributed by atoms with Crippen molar-refractivity contribution in [1.29, 1.82) is 0 Å². The van der Waals surface area contributed by atoms with Gasteiger partial charge in [-0.25, -0.2) is 4.79 Å². The maximum atomic E-state index is 12.0. The number of allylic oxidation sites excluding steroid dienone is 2. The zero-order valence-electron chi connectivity index (χ0n) is 15.4. The lowest BCUT2D eigenvalue weighted by atomic mass is 10.2. The molecule has 0 saturated carbocycles. The number of carbonyl (C=O) groups excluding carboxylic acids is 2. The van der Waals surface area contributed by atoms with Crippen LogP contribution < -0.4 is 4.74 Å². The summed E-state index contributed by atoms with van der Waals surface area (Å²) in [7, 11) is 1.49. The zero-order valence-corrected chi connectivity index (χ0v) is 15.4. The number of rotatable bonds is 13. The molecular weight excluding hydrogens is 348 g/mol. The molecule has 144 valence electrons. The predicted octanol–water partition coefficient (Wildman–Crippen LogP) is 3.61. The molecule has 6 nitrogen and oxygen atoms in total. The topological polar surface area (TPSA) is 71.1 Å². The molecule has 0 fully saturated rings. The number of ether oxygens (including phenoxy) is 4. The third-order valence-corrected chi connectivity index (χ3v) is 3.20. The van der Waals surface area contributed by atoms with Crippen LogP contribution in [-0.2, 0) is 19.0 Å². The lowest BCUT2D eigenvalue weighted by Gasteiger charge is -2.08. The molecule has 0 N–H and O–H groups in total. The Balaban J connectivity index is 2.36. The first-order chi connectivity index (χ1) is 13.0. The van der Waals surface area contributed by atoms with E-state index < -0.39 is 5.97 Å². The molecule has 0 bridgehead atoms. The minimum Gasteiger partial charge on any atom is -0.497 e. The van der Waals surface area contributed by atoms with Gasteiger partial charge in [0.25, 0.3) is 0 Å². The molecule has 0 heterocycles. The molecule has 1 aromatic rings. The van der Waals surface area contributed by atoms with Gasteiger partial charge in [-0.2, -0.15) is 0 Å². The fourth-order valence-corrected chi connectivity index (χ4v) is 1.74. The Morgan fingerprint density at radius 2 is 1.70 bits per heavy atom. The summed E-state index contributed by atoms with van der Waals surface area (Å²) in [5.74, 6) is 0.531. The Labute approximate surface area is 159 Å². The highest BCUT2D eigenvalue weighted by Crippen LogP contribution is 2.14. The van der Waals surface area contributed by atoms with Crippen molar-refractivity contribution < 1.29 is 28.5 Å². The summed E-state index contributed by atoms with van der Waals surface area (Å²) in [6.45, 7) is 11.5. The lowest BCUT2D eigenvalue weighted by Crippen LogP contribution is -2.09. The summed E-state index contributed by atoms with van der Waals surface area (Å²) in [5, 5.41) is 0. The smallest absolute Gasteiger partial charge is 0.343 e. The van der Waals surface area contributed by atoms with Gasteiger partial charge in [-0.1, -0.05) is 19.7 Å². The first-order valence-electron chi connectivity index (χ1n) is 8.24. The van der Waals surface area contributed by atoms with Crippen LogP contribution in [0.4, 0.5) is 0 Å². The van der Waals surface area contributed by atoms with Gasteiger partial charge in [0.15, 0.2) is 5.78 Å². The summed E-state index contributed by atoms with van der Waals surface area (Å²) >= 11 is 0. The minimum absolute atomic E-state index is 0.0281. The van der Waals surface area contributed by atoms with E-state index in [4.69, 9.17) is 18.9 Å². The number of benzene rings is 1. The third kappa shape index (κ3) is 9.23. The van der Waals surface area contributed by atoms with E-state index in [1.54, 1.807) is 30.3 Å². The fraction of sp³-hybridized carbons (Fsp3) is 0.238. The summed E-state index contributed by atoms with van der Waals surface area (Å²) in [6.07, 6.45) is 4.90. The van der Waals surface area contributed by atoms with Gasteiger partial charge in [0, 0.05) is 6.42 Å². The van der Waals surface area contributed by atoms with Crippen molar-refractivity contribution in [3.8, 4) is 5.75 Å². The largest absolute Gasteiger partial charge is 0.497 e. The predicted molar refractivity (Wildman–Crippen MR) is 102 cm³/mol. The molecule has 0 aliphatic rings. The second-order valence-electron chi connectivity index (χ2n) is 5.31. The maximum absolute atomic E-state index is 12.0. The zero-order chi connectivity index (χ0) is 20.1. The van der Waals surface area contributed by atoms with Crippen LogP contribution in [0.25, 0.3) is 0 Å². The highest BCUT2D eigenvalue weighted by molar-refractivity contribution is 5.90. The molecule has 0 aliphatic carbocycles. The molecule has 0 saturated heterocycles. The Morgan fingerprint density at radius 3 is 2.33 bits per heavy atom. The molecule has 0 spiro atoms. The van der Waals surface area contributed by atoms with E-state index in [0.29, 0.717) is 36.7 Å². The van der Waals surface area contributed by atoms with Crippen LogP contribution in [0.3, 0.4) is 0 Å². The Morgan fingerprint density at radius 1 is 1.04 bits per heavy atom. The molecule has 0 unspecified atom stereocenters. The van der Waals surface area contributed by atoms with Gasteiger partial charge in [0.1, 0.15) is 23.9 Å². The van der Waals surface area contributed by atoms with Gasteiger partial charge < -0.3 is 18.9 Å². The molecule has 1 rings (SSSR count). The molecule has 0 aliphatic heterocycles. The second kappa shape index (κ2) is 12.3. The summed E-state index contributed by atoms with van der Waals surface area (Å²) < 4.78 is 20.7. The van der Waals surface area contributed by atoms with Crippen LogP contribution in [-0.4, -0.2) is 38.7 Å². The van der Waals surface area contributed by atoms with Gasteiger partial charge >= 0.3 is 5.97 Å². The highest BCUT2D eigenvalue weighted by Gasteiger charge is 2.08. The fourth-order valence-electron chi connectivity index (χ4n) is 1.74. The van der Waals surface area contributed by atoms with Crippen molar-refractivity contribution in [2.45, 2.75) is 6.42 Å². The lowest BCUT2D eigenvalue weighted by molar-refractivity contribution is -0.119. The van der Waals surface area contributed by atoms with Crippen LogP contribution in [0.2, 0.25) is 0 Å². The quantitative estimate of drug-likeness (QED) is 0.173. The number of hydrogen-bond acceptors (Lipinski definition) is 6. The first kappa shape index (κ1) is 21.9. The van der Waals surface area contributed by atoms with E-state index in [9.17, 15) is 9.59 Å². The number of carbonyl (C=O) groups is 2. The van der Waals surface area contributed by atoms with Crippen molar-refractivity contribution in [1.82, 2.24) is 0 Å². The number of methoxy groups -OCH3 is 1. The van der Waals surface area contributed by atoms with Crippen molar-refractivity contribution in [2.75, 3.05) is 26.9 Å². The number of esters is 1. The molecule has 1 aromatic carbocycles. The van der Waals surface area contributed by atoms with Gasteiger partial charge in [0.2, 0.25) is 0 Å². The molecular formula is C21H24O6. The van der Waals surface area contributed by atoms with Gasteiger partial charge in [-0.05, 0) is 42.5 Å². The summed E-state index contributed by atoms with van der Waals surface area (Å²) in [5.41, 5.74) is 0.369. The number of ketones is 1. The SMILES string of the molecule is C=CC(=O)COCCCOc1ccc(C(=O)OC(=C)/C=C\C(=C)OC)cc1. The van der Waals surface area contributed by atoms with Crippen LogP contribution in [0, 0.1) is 0 Å². The van der Waals surface area contributed by atoms with Crippen LogP contribution in [0.15, 0.2) is 73.7 Å². The Bertz CT molecular complexity index is 700. The Kier molecular flexibility index (Phi) is 9.96. The normalized spacial score (nSPS) is 10.3. The molecule has 0 amide bonds. The van der Waals surface area contributed by atoms with E-state index in [1.165, 1.54) is 19.3 Å². The standard InChI is InChI=1S/C21H24O6/c1-5-19(22)15-25-13-6-14-26-20-11-9-18(10-12-20)21(23)27-17(3)8-7-16(2)24-4/h5,7-12H,1-3,6,13-15H2,4H3/b8-7-. The van der Waals surface area contributed by atoms with E-state index in [1.807, 2.05) is 0 Å². The van der Waals surface area contributed by atoms with E-state index in [2.05, 4.69) is 19.7 Å². The van der Waals surface area contributed by atoms with Crippen molar-refractivity contribution >= 4 is 11.8 Å². The molecule has 6 heteroatoms. The van der Waals surface area contributed by atoms with Crippen molar-refractivity contribution in [2.24, 2.45) is 0 Å². The van der Waals surface area contributed by atoms with Gasteiger partial charge in [0.05, 0.1) is 25.9 Å². The average molecular weight is 372 g/mol. The second-order valence-corrected chi connectivity index (χ2v) is 5.31. The van der Waals surface area contributed by atoms with Crippen LogP contribution in [0.5, 0.6) is 5.75 Å². The van der Waals surface area contributed by atoms with Crippen LogP contribution in [0.1, 0.15) is 16.8 Å². The van der Waals surface area contributed by atoms with Gasteiger partial charge in [-0.15, -0.1) is 0 Å². The highest BCUT2D eigenvalue weighted by atomic mass is 16.5. The van der Waals surface area contributed by atoms with Crippen molar-refractivity contribution in [3.05, 3.63) is 79.3 Å². The van der Waals surface area contributed by atoms with E-state index >= 15 is 0 Å². The van der Waals surface area contributed by atoms with Crippen molar-refractivity contribution in [3.63, 3.8) is 0 Å². The monoisotopic (exact) mass is 372 g/mol. The van der Waals surface area contributed by atoms with E-state index in [-0.39, 0.29) is 18.1 Å². The molecule has 0 aromatic heterocycles. The maximum Gasteiger partial charge on any atom is 0.343 e. The van der Waals surface area contributed by atoms with E-state index in [0.717, 1.165) is 0 Å². The first-order valence-corrected chi connectivity index (χ1v) is 8.24.